The monoisotopic (exact) mass is 413 g/mol. The minimum absolute atomic E-state index is 0.208. The fraction of sp³-hybridized carbons (Fsp3) is 0.500. The standard InChI is InChI=1S/C18H25Cl2N5O2/c1-5-21-17(23-10-15-24-16(27-25-15)18(2,3)4)22-9-14(26)11-6-12(19)8-13(20)7-11/h6-8,14,26H,5,9-10H2,1-4H3,(H2,21,22,23). The summed E-state index contributed by atoms with van der Waals surface area (Å²) in [4.78, 5) is 8.78. The van der Waals surface area contributed by atoms with Crippen molar-refractivity contribution in [2.75, 3.05) is 13.1 Å². The van der Waals surface area contributed by atoms with Gasteiger partial charge in [0.1, 0.15) is 6.54 Å². The first-order valence-electron chi connectivity index (χ1n) is 8.68. The number of halogens is 2. The van der Waals surface area contributed by atoms with Crippen LogP contribution in [0.5, 0.6) is 0 Å². The molecule has 0 fully saturated rings. The molecule has 1 unspecified atom stereocenters. The van der Waals surface area contributed by atoms with Crippen LogP contribution in [-0.4, -0.2) is 34.3 Å². The summed E-state index contributed by atoms with van der Waals surface area (Å²) in [6.45, 7) is 9.13. The molecule has 0 radical (unpaired) electrons. The smallest absolute Gasteiger partial charge is 0.232 e. The third-order valence-corrected chi connectivity index (χ3v) is 4.00. The van der Waals surface area contributed by atoms with Crippen molar-refractivity contribution in [2.24, 2.45) is 4.99 Å². The molecule has 3 N–H and O–H groups in total. The molecule has 7 nitrogen and oxygen atoms in total. The number of guanidine groups is 1. The van der Waals surface area contributed by atoms with E-state index in [0.717, 1.165) is 0 Å². The van der Waals surface area contributed by atoms with Gasteiger partial charge in [-0.2, -0.15) is 4.98 Å². The Hall–Kier alpha value is -1.83. The number of rotatable bonds is 6. The van der Waals surface area contributed by atoms with Gasteiger partial charge in [0.15, 0.2) is 11.8 Å². The number of aliphatic hydroxyl groups excluding tert-OH is 1. The van der Waals surface area contributed by atoms with Gasteiger partial charge in [0, 0.05) is 28.5 Å². The van der Waals surface area contributed by atoms with E-state index >= 15 is 0 Å². The summed E-state index contributed by atoms with van der Waals surface area (Å²) in [5.74, 6) is 1.60. The zero-order valence-corrected chi connectivity index (χ0v) is 17.4. The molecule has 1 aromatic heterocycles. The molecule has 0 aliphatic rings. The molecular weight excluding hydrogens is 389 g/mol. The SMILES string of the molecule is CCNC(=NCc1noc(C(C)(C)C)n1)NCC(O)c1cc(Cl)cc(Cl)c1. The van der Waals surface area contributed by atoms with E-state index in [9.17, 15) is 5.11 Å². The molecular formula is C18H25Cl2N5O2. The van der Waals surface area contributed by atoms with Gasteiger partial charge in [-0.3, -0.25) is 0 Å². The van der Waals surface area contributed by atoms with Crippen LogP contribution in [0.4, 0.5) is 0 Å². The zero-order valence-electron chi connectivity index (χ0n) is 15.9. The van der Waals surface area contributed by atoms with E-state index in [1.165, 1.54) is 0 Å². The van der Waals surface area contributed by atoms with Gasteiger partial charge >= 0.3 is 0 Å². The summed E-state index contributed by atoms with van der Waals surface area (Å²) in [6, 6.07) is 4.98. The van der Waals surface area contributed by atoms with Gasteiger partial charge in [-0.1, -0.05) is 49.1 Å². The summed E-state index contributed by atoms with van der Waals surface area (Å²) in [5.41, 5.74) is 0.420. The summed E-state index contributed by atoms with van der Waals surface area (Å²) < 4.78 is 5.26. The molecule has 0 spiro atoms. The summed E-state index contributed by atoms with van der Waals surface area (Å²) >= 11 is 12.0. The minimum atomic E-state index is -0.789. The van der Waals surface area contributed by atoms with Gasteiger partial charge in [-0.15, -0.1) is 0 Å². The quantitative estimate of drug-likeness (QED) is 0.495. The Bertz CT molecular complexity index is 766. The van der Waals surface area contributed by atoms with Gasteiger partial charge in [-0.05, 0) is 30.7 Å². The van der Waals surface area contributed by atoms with Crippen molar-refractivity contribution in [3.63, 3.8) is 0 Å². The molecule has 2 aromatic rings. The van der Waals surface area contributed by atoms with Crippen molar-refractivity contribution >= 4 is 29.2 Å². The van der Waals surface area contributed by atoms with Crippen LogP contribution in [-0.2, 0) is 12.0 Å². The molecule has 9 heteroatoms. The van der Waals surface area contributed by atoms with Gasteiger partial charge in [-0.25, -0.2) is 4.99 Å². The van der Waals surface area contributed by atoms with Crippen LogP contribution in [0.1, 0.15) is 51.1 Å². The number of nitrogens with zero attached hydrogens (tertiary/aromatic N) is 3. The Morgan fingerprint density at radius 3 is 2.44 bits per heavy atom. The second-order valence-corrected chi connectivity index (χ2v) is 7.93. The van der Waals surface area contributed by atoms with Gasteiger partial charge in [0.25, 0.3) is 0 Å². The van der Waals surface area contributed by atoms with E-state index in [4.69, 9.17) is 27.7 Å². The Morgan fingerprint density at radius 1 is 1.22 bits per heavy atom. The average Bonchev–Trinajstić information content (AvgIpc) is 3.05. The maximum atomic E-state index is 10.4. The molecule has 0 saturated carbocycles. The summed E-state index contributed by atoms with van der Waals surface area (Å²) in [7, 11) is 0. The number of nitrogens with one attached hydrogen (secondary N) is 2. The minimum Gasteiger partial charge on any atom is -0.387 e. The first-order chi connectivity index (χ1) is 12.7. The van der Waals surface area contributed by atoms with Gasteiger partial charge in [0.2, 0.25) is 5.89 Å². The van der Waals surface area contributed by atoms with Crippen LogP contribution in [0.15, 0.2) is 27.7 Å². The van der Waals surface area contributed by atoms with Crippen LogP contribution in [0.2, 0.25) is 10.0 Å². The lowest BCUT2D eigenvalue weighted by Crippen LogP contribution is -2.39. The fourth-order valence-electron chi connectivity index (χ4n) is 2.19. The highest BCUT2D eigenvalue weighted by Gasteiger charge is 2.21. The second kappa shape index (κ2) is 9.39. The van der Waals surface area contributed by atoms with Crippen molar-refractivity contribution in [2.45, 2.75) is 45.8 Å². The zero-order chi connectivity index (χ0) is 20.0. The van der Waals surface area contributed by atoms with Crippen LogP contribution >= 0.6 is 23.2 Å². The largest absolute Gasteiger partial charge is 0.387 e. The molecule has 0 aliphatic carbocycles. The topological polar surface area (TPSA) is 95.6 Å². The van der Waals surface area contributed by atoms with E-state index in [-0.39, 0.29) is 18.5 Å². The molecule has 148 valence electrons. The van der Waals surface area contributed by atoms with Crippen molar-refractivity contribution in [1.82, 2.24) is 20.8 Å². The van der Waals surface area contributed by atoms with E-state index < -0.39 is 6.10 Å². The lowest BCUT2D eigenvalue weighted by molar-refractivity contribution is 0.181. The van der Waals surface area contributed by atoms with E-state index in [1.807, 2.05) is 27.7 Å². The molecule has 2 rings (SSSR count). The molecule has 0 saturated heterocycles. The van der Waals surface area contributed by atoms with Crippen molar-refractivity contribution in [1.29, 1.82) is 0 Å². The van der Waals surface area contributed by atoms with E-state index in [1.54, 1.807) is 18.2 Å². The molecule has 1 heterocycles. The number of aromatic nitrogens is 2. The van der Waals surface area contributed by atoms with Gasteiger partial charge < -0.3 is 20.3 Å². The van der Waals surface area contributed by atoms with Gasteiger partial charge in [0.05, 0.1) is 6.10 Å². The number of aliphatic hydroxyl groups is 1. The highest BCUT2D eigenvalue weighted by molar-refractivity contribution is 6.34. The maximum absolute atomic E-state index is 10.4. The number of hydrogen-bond acceptors (Lipinski definition) is 5. The fourth-order valence-corrected chi connectivity index (χ4v) is 2.74. The highest BCUT2D eigenvalue weighted by Crippen LogP contribution is 2.23. The second-order valence-electron chi connectivity index (χ2n) is 7.06. The van der Waals surface area contributed by atoms with Crippen LogP contribution in [0.25, 0.3) is 0 Å². The average molecular weight is 414 g/mol. The van der Waals surface area contributed by atoms with E-state index in [0.29, 0.717) is 39.8 Å². The lowest BCUT2D eigenvalue weighted by atomic mass is 9.97. The molecule has 27 heavy (non-hydrogen) atoms. The van der Waals surface area contributed by atoms with Crippen LogP contribution < -0.4 is 10.6 Å². The summed E-state index contributed by atoms with van der Waals surface area (Å²) in [5, 5.41) is 21.5. The number of hydrogen-bond donors (Lipinski definition) is 3. The Balaban J connectivity index is 1.99. The van der Waals surface area contributed by atoms with Crippen molar-refractivity contribution < 1.29 is 9.63 Å². The third kappa shape index (κ3) is 6.68. The predicted molar refractivity (Wildman–Crippen MR) is 107 cm³/mol. The predicted octanol–water partition coefficient (Wildman–Crippen LogP) is 3.46. The van der Waals surface area contributed by atoms with E-state index in [2.05, 4.69) is 25.8 Å². The Kier molecular flexibility index (Phi) is 7.47. The molecule has 0 amide bonds. The lowest BCUT2D eigenvalue weighted by Gasteiger charge is -2.16. The number of benzene rings is 1. The normalized spacial score (nSPS) is 13.5. The Labute approximate surface area is 169 Å². The van der Waals surface area contributed by atoms with Crippen LogP contribution in [0.3, 0.4) is 0 Å². The number of aliphatic imine (C=N–C) groups is 1. The molecule has 1 aromatic carbocycles. The first-order valence-corrected chi connectivity index (χ1v) is 9.44. The van der Waals surface area contributed by atoms with Crippen molar-refractivity contribution in [3.8, 4) is 0 Å². The Morgan fingerprint density at radius 2 is 1.89 bits per heavy atom. The molecule has 0 bridgehead atoms. The highest BCUT2D eigenvalue weighted by atomic mass is 35.5. The summed E-state index contributed by atoms with van der Waals surface area (Å²) in [6.07, 6.45) is -0.789. The first kappa shape index (κ1) is 21.5. The molecule has 1 atom stereocenters. The maximum Gasteiger partial charge on any atom is 0.232 e. The van der Waals surface area contributed by atoms with Crippen molar-refractivity contribution in [3.05, 3.63) is 45.5 Å². The van der Waals surface area contributed by atoms with Crippen LogP contribution in [0, 0.1) is 0 Å². The third-order valence-electron chi connectivity index (χ3n) is 3.57. The molecule has 0 aliphatic heterocycles.